The minimum Gasteiger partial charge on any atom is -0.427 e. The Morgan fingerprint density at radius 2 is 2.00 bits per heavy atom. The number of hydrogen-bond donors (Lipinski definition) is 1. The zero-order chi connectivity index (χ0) is 24.9. The number of imidazole rings is 1. The van der Waals surface area contributed by atoms with Gasteiger partial charge in [-0.05, 0) is 27.7 Å². The zero-order valence-corrected chi connectivity index (χ0v) is 20.8. The van der Waals surface area contributed by atoms with Gasteiger partial charge < -0.3 is 24.2 Å². The largest absolute Gasteiger partial charge is 0.427 e. The maximum absolute atomic E-state index is 13.2. The number of aliphatic hydroxyl groups is 1. The average Bonchev–Trinajstić information content (AvgIpc) is 3.38. The number of carbonyl (C=O) groups excluding carboxylic acids is 3. The molecule has 2 aliphatic rings. The predicted octanol–water partition coefficient (Wildman–Crippen LogP) is 2.20. The molecule has 0 aliphatic carbocycles. The van der Waals surface area contributed by atoms with Gasteiger partial charge in [-0.2, -0.15) is 0 Å². The SMILES string of the molecule is COCc1ncn2cc(C3=C(C(=O)OCOC(=O)C(C)(C)C)N4C(=O)[C@H]([C@@H](C)O)C4[C@H]3C)sc12. The predicted molar refractivity (Wildman–Crippen MR) is 122 cm³/mol. The topological polar surface area (TPSA) is 120 Å². The van der Waals surface area contributed by atoms with Crippen molar-refractivity contribution >= 4 is 39.6 Å². The first-order valence-electron chi connectivity index (χ1n) is 11.0. The highest BCUT2D eigenvalue weighted by Gasteiger charge is 2.60. The highest BCUT2D eigenvalue weighted by Crippen LogP contribution is 2.51. The lowest BCUT2D eigenvalue weighted by molar-refractivity contribution is -0.175. The number of fused-ring (bicyclic) bond motifs is 2. The number of thiazole rings is 1. The van der Waals surface area contributed by atoms with Crippen LogP contribution in [0.4, 0.5) is 0 Å². The first-order valence-corrected chi connectivity index (χ1v) is 11.8. The van der Waals surface area contributed by atoms with Crippen LogP contribution in [0.25, 0.3) is 10.4 Å². The van der Waals surface area contributed by atoms with Crippen LogP contribution in [0.2, 0.25) is 0 Å². The summed E-state index contributed by atoms with van der Waals surface area (Å²) in [4.78, 5) is 45.5. The number of hydrogen-bond acceptors (Lipinski definition) is 9. The zero-order valence-electron chi connectivity index (χ0n) is 20.0. The molecule has 4 atom stereocenters. The highest BCUT2D eigenvalue weighted by molar-refractivity contribution is 7.18. The lowest BCUT2D eigenvalue weighted by atomic mass is 9.77. The van der Waals surface area contributed by atoms with E-state index < -0.39 is 36.2 Å². The van der Waals surface area contributed by atoms with Gasteiger partial charge in [-0.1, -0.05) is 6.92 Å². The van der Waals surface area contributed by atoms with Crippen LogP contribution in [0, 0.1) is 17.3 Å². The molecule has 0 bridgehead atoms. The Hall–Kier alpha value is -2.76. The van der Waals surface area contributed by atoms with Gasteiger partial charge in [0.2, 0.25) is 12.7 Å². The summed E-state index contributed by atoms with van der Waals surface area (Å²) in [6.07, 6.45) is 2.68. The number of amides is 1. The third-order valence-electron chi connectivity index (χ3n) is 6.19. The standard InChI is InChI=1S/C23H29N3O7S/c1-11-15(14-7-25-9-24-13(8-31-6)20(25)34-14)18(26-17(11)16(12(2)27)19(26)28)21(29)32-10-33-22(30)23(3,4)5/h7,9,11-12,16-17,27H,8,10H2,1-6H3/t11-,12+,16+,17?/m0/s1. The molecule has 184 valence electrons. The number of aliphatic hydroxyl groups excluding tert-OH is 1. The van der Waals surface area contributed by atoms with Crippen molar-refractivity contribution < 1.29 is 33.7 Å². The van der Waals surface area contributed by atoms with Crippen LogP contribution in [0.15, 0.2) is 18.2 Å². The quantitative estimate of drug-likeness (QED) is 0.356. The fourth-order valence-electron chi connectivity index (χ4n) is 4.51. The van der Waals surface area contributed by atoms with Crippen LogP contribution in [-0.2, 0) is 35.2 Å². The third-order valence-corrected chi connectivity index (χ3v) is 7.37. The first kappa shape index (κ1) is 24.4. The number of aromatic nitrogens is 2. The molecule has 1 N–H and O–H groups in total. The molecule has 0 saturated carbocycles. The minimum atomic E-state index is -0.850. The molecule has 11 heteroatoms. The van der Waals surface area contributed by atoms with Gasteiger partial charge in [0.1, 0.15) is 22.5 Å². The lowest BCUT2D eigenvalue weighted by Crippen LogP contribution is -2.63. The molecule has 34 heavy (non-hydrogen) atoms. The lowest BCUT2D eigenvalue weighted by Gasteiger charge is -2.46. The van der Waals surface area contributed by atoms with Gasteiger partial charge in [0.25, 0.3) is 0 Å². The van der Waals surface area contributed by atoms with E-state index in [0.29, 0.717) is 12.2 Å². The maximum atomic E-state index is 13.2. The molecular weight excluding hydrogens is 462 g/mol. The molecular formula is C23H29N3O7S. The van der Waals surface area contributed by atoms with Crippen molar-refractivity contribution in [2.24, 2.45) is 17.3 Å². The number of rotatable bonds is 7. The van der Waals surface area contributed by atoms with Crippen LogP contribution in [0.5, 0.6) is 0 Å². The number of β-lactam (4-membered cyclic amide) rings is 1. The molecule has 2 aliphatic heterocycles. The number of methoxy groups -OCH3 is 1. The molecule has 1 amide bonds. The van der Waals surface area contributed by atoms with Gasteiger partial charge in [0.05, 0.1) is 35.0 Å². The fourth-order valence-corrected chi connectivity index (χ4v) is 5.72. The fraction of sp³-hybridized carbons (Fsp3) is 0.565. The van der Waals surface area contributed by atoms with Crippen LogP contribution in [0.1, 0.15) is 45.2 Å². The van der Waals surface area contributed by atoms with E-state index in [2.05, 4.69) is 4.98 Å². The van der Waals surface area contributed by atoms with Gasteiger partial charge in [-0.25, -0.2) is 9.78 Å². The number of carbonyl (C=O) groups is 3. The molecule has 2 aromatic rings. The average molecular weight is 492 g/mol. The minimum absolute atomic E-state index is 0.122. The van der Waals surface area contributed by atoms with Crippen molar-refractivity contribution in [1.82, 2.24) is 14.3 Å². The second-order valence-corrected chi connectivity index (χ2v) is 10.7. The Bertz CT molecular complexity index is 1170. The number of nitrogens with zero attached hydrogens (tertiary/aromatic N) is 3. The second kappa shape index (κ2) is 8.79. The Balaban J connectivity index is 1.69. The number of ether oxygens (including phenoxy) is 3. The number of esters is 2. The highest BCUT2D eigenvalue weighted by atomic mass is 32.1. The van der Waals surface area contributed by atoms with E-state index in [-0.39, 0.29) is 23.6 Å². The van der Waals surface area contributed by atoms with E-state index in [9.17, 15) is 19.5 Å². The van der Waals surface area contributed by atoms with Crippen LogP contribution in [0.3, 0.4) is 0 Å². The van der Waals surface area contributed by atoms with E-state index in [1.54, 1.807) is 41.1 Å². The van der Waals surface area contributed by atoms with Crippen molar-refractivity contribution in [2.45, 2.75) is 53.4 Å². The van der Waals surface area contributed by atoms with Gasteiger partial charge in [0, 0.05) is 24.8 Å². The summed E-state index contributed by atoms with van der Waals surface area (Å²) in [5, 5.41) is 10.2. The van der Waals surface area contributed by atoms with Gasteiger partial charge in [-0.15, -0.1) is 11.3 Å². The van der Waals surface area contributed by atoms with Crippen molar-refractivity contribution in [3.05, 3.63) is 28.8 Å². The molecule has 4 rings (SSSR count). The van der Waals surface area contributed by atoms with Gasteiger partial charge in [0.15, 0.2) is 0 Å². The van der Waals surface area contributed by atoms with E-state index in [1.807, 2.05) is 17.5 Å². The van der Waals surface area contributed by atoms with Crippen molar-refractivity contribution in [2.75, 3.05) is 13.9 Å². The van der Waals surface area contributed by atoms with Crippen molar-refractivity contribution in [1.29, 1.82) is 0 Å². The molecule has 0 spiro atoms. The molecule has 10 nitrogen and oxygen atoms in total. The van der Waals surface area contributed by atoms with E-state index in [0.717, 1.165) is 15.4 Å². The second-order valence-electron chi connectivity index (χ2n) is 9.68. The molecule has 0 radical (unpaired) electrons. The monoisotopic (exact) mass is 491 g/mol. The van der Waals surface area contributed by atoms with Crippen LogP contribution < -0.4 is 0 Å². The Morgan fingerprint density at radius 1 is 1.29 bits per heavy atom. The summed E-state index contributed by atoms with van der Waals surface area (Å²) >= 11 is 1.44. The molecule has 0 aromatic carbocycles. The van der Waals surface area contributed by atoms with E-state index >= 15 is 0 Å². The van der Waals surface area contributed by atoms with Gasteiger partial charge in [-0.3, -0.25) is 14.0 Å². The summed E-state index contributed by atoms with van der Waals surface area (Å²) in [6, 6.07) is -0.361. The molecule has 1 saturated heterocycles. The smallest absolute Gasteiger partial charge is 0.358 e. The van der Waals surface area contributed by atoms with E-state index in [1.165, 1.54) is 16.2 Å². The summed E-state index contributed by atoms with van der Waals surface area (Å²) in [6.45, 7) is 8.38. The summed E-state index contributed by atoms with van der Waals surface area (Å²) < 4.78 is 17.4. The first-order chi connectivity index (χ1) is 16.0. The third kappa shape index (κ3) is 3.91. The van der Waals surface area contributed by atoms with Crippen molar-refractivity contribution in [3.8, 4) is 0 Å². The van der Waals surface area contributed by atoms with E-state index in [4.69, 9.17) is 14.2 Å². The molecule has 1 fully saturated rings. The summed E-state index contributed by atoms with van der Waals surface area (Å²) in [5.74, 6) is -2.42. The molecule has 1 unspecified atom stereocenters. The Morgan fingerprint density at radius 3 is 2.62 bits per heavy atom. The summed E-state index contributed by atoms with van der Waals surface area (Å²) in [7, 11) is 1.59. The van der Waals surface area contributed by atoms with Crippen molar-refractivity contribution in [3.63, 3.8) is 0 Å². The Kier molecular flexibility index (Phi) is 6.30. The maximum Gasteiger partial charge on any atom is 0.358 e. The van der Waals surface area contributed by atoms with Gasteiger partial charge >= 0.3 is 11.9 Å². The molecule has 2 aromatic heterocycles. The molecule has 4 heterocycles. The normalized spacial score (nSPS) is 23.2. The van der Waals surface area contributed by atoms with Crippen LogP contribution >= 0.6 is 11.3 Å². The Labute approximate surface area is 201 Å². The summed E-state index contributed by atoms with van der Waals surface area (Å²) in [5.41, 5.74) is 0.807. The van der Waals surface area contributed by atoms with Crippen LogP contribution in [-0.4, -0.2) is 63.3 Å².